The van der Waals surface area contributed by atoms with Crippen LogP contribution in [0.1, 0.15) is 30.9 Å². The fourth-order valence-corrected chi connectivity index (χ4v) is 3.97. The second kappa shape index (κ2) is 7.31. The van der Waals surface area contributed by atoms with Gasteiger partial charge >= 0.3 is 6.03 Å². The molecule has 2 N–H and O–H groups in total. The minimum Gasteiger partial charge on any atom is -0.349 e. The SMILES string of the molecule is O=C(Nc1c(F)nn2ccc(N3CCCC3c3cc(F)ccc3F)nc12)NC1CC1(F)F. The Morgan fingerprint density at radius 2 is 1.97 bits per heavy atom. The molecular weight excluding hydrogens is 435 g/mol. The van der Waals surface area contributed by atoms with Gasteiger partial charge in [-0.25, -0.2) is 31.9 Å². The quantitative estimate of drug-likeness (QED) is 0.587. The number of benzene rings is 1. The molecule has 2 aromatic heterocycles. The maximum Gasteiger partial charge on any atom is 0.319 e. The third-order valence-electron chi connectivity index (χ3n) is 5.66. The van der Waals surface area contributed by atoms with Crippen molar-refractivity contribution >= 4 is 23.2 Å². The molecule has 32 heavy (non-hydrogen) atoms. The molecule has 1 aliphatic heterocycles. The van der Waals surface area contributed by atoms with Gasteiger partial charge in [0, 0.05) is 24.7 Å². The van der Waals surface area contributed by atoms with Crippen LogP contribution >= 0.6 is 0 Å². The van der Waals surface area contributed by atoms with E-state index >= 15 is 0 Å². The first-order chi connectivity index (χ1) is 15.2. The Hall–Kier alpha value is -3.44. The van der Waals surface area contributed by atoms with E-state index in [-0.39, 0.29) is 16.9 Å². The molecule has 2 fully saturated rings. The maximum absolute atomic E-state index is 14.4. The van der Waals surface area contributed by atoms with Crippen molar-refractivity contribution in [3.8, 4) is 0 Å². The van der Waals surface area contributed by atoms with Gasteiger partial charge in [0.15, 0.2) is 5.65 Å². The third kappa shape index (κ3) is 3.59. The summed E-state index contributed by atoms with van der Waals surface area (Å²) in [6.45, 7) is 0.500. The summed E-state index contributed by atoms with van der Waals surface area (Å²) in [4.78, 5) is 18.1. The molecule has 12 heteroatoms. The number of carbonyl (C=O) groups is 1. The Morgan fingerprint density at radius 3 is 2.72 bits per heavy atom. The van der Waals surface area contributed by atoms with Crippen LogP contribution in [0.4, 0.5) is 38.3 Å². The smallest absolute Gasteiger partial charge is 0.319 e. The average Bonchev–Trinajstić information content (AvgIpc) is 3.09. The van der Waals surface area contributed by atoms with Crippen LogP contribution in [-0.4, -0.2) is 39.1 Å². The lowest BCUT2D eigenvalue weighted by atomic mass is 10.0. The summed E-state index contributed by atoms with van der Waals surface area (Å²) < 4.78 is 69.6. The molecule has 1 saturated heterocycles. The van der Waals surface area contributed by atoms with Crippen molar-refractivity contribution in [2.75, 3.05) is 16.8 Å². The van der Waals surface area contributed by atoms with E-state index in [2.05, 4.69) is 20.7 Å². The van der Waals surface area contributed by atoms with Gasteiger partial charge < -0.3 is 15.5 Å². The van der Waals surface area contributed by atoms with Gasteiger partial charge in [-0.3, -0.25) is 0 Å². The van der Waals surface area contributed by atoms with Gasteiger partial charge in [0.2, 0.25) is 0 Å². The van der Waals surface area contributed by atoms with E-state index in [1.807, 2.05) is 0 Å². The lowest BCUT2D eigenvalue weighted by molar-refractivity contribution is 0.108. The Kier molecular flexibility index (Phi) is 4.68. The van der Waals surface area contributed by atoms with Crippen LogP contribution in [0, 0.1) is 17.6 Å². The molecule has 0 spiro atoms. The Balaban J connectivity index is 1.44. The van der Waals surface area contributed by atoms with E-state index in [0.29, 0.717) is 25.2 Å². The fraction of sp³-hybridized carbons (Fsp3) is 0.350. The van der Waals surface area contributed by atoms with Gasteiger partial charge in [0.05, 0.1) is 6.04 Å². The van der Waals surface area contributed by atoms with E-state index in [4.69, 9.17) is 0 Å². The van der Waals surface area contributed by atoms with Gasteiger partial charge in [0.1, 0.15) is 29.2 Å². The van der Waals surface area contributed by atoms with Crippen molar-refractivity contribution < 1.29 is 26.7 Å². The topological polar surface area (TPSA) is 74.6 Å². The highest BCUT2D eigenvalue weighted by atomic mass is 19.3. The van der Waals surface area contributed by atoms with Crippen LogP contribution in [-0.2, 0) is 0 Å². The summed E-state index contributed by atoms with van der Waals surface area (Å²) in [7, 11) is 0. The molecule has 0 radical (unpaired) electrons. The molecule has 2 unspecified atom stereocenters. The van der Waals surface area contributed by atoms with Crippen LogP contribution in [0.3, 0.4) is 0 Å². The number of nitrogens with zero attached hydrogens (tertiary/aromatic N) is 4. The predicted octanol–water partition coefficient (Wildman–Crippen LogP) is 4.02. The average molecular weight is 452 g/mol. The van der Waals surface area contributed by atoms with Crippen LogP contribution in [0.5, 0.6) is 0 Å². The van der Waals surface area contributed by atoms with Gasteiger partial charge in [-0.05, 0) is 37.1 Å². The number of halogens is 5. The molecular formula is C20H17F5N6O. The fourth-order valence-electron chi connectivity index (χ4n) is 3.97. The summed E-state index contributed by atoms with van der Waals surface area (Å²) in [5.74, 6) is -4.77. The van der Waals surface area contributed by atoms with Crippen molar-refractivity contribution in [3.05, 3.63) is 53.6 Å². The largest absolute Gasteiger partial charge is 0.349 e. The van der Waals surface area contributed by atoms with Crippen LogP contribution in [0.2, 0.25) is 0 Å². The van der Waals surface area contributed by atoms with E-state index in [1.165, 1.54) is 6.20 Å². The van der Waals surface area contributed by atoms with Crippen molar-refractivity contribution in [2.24, 2.45) is 0 Å². The number of aromatic nitrogens is 3. The van der Waals surface area contributed by atoms with Gasteiger partial charge in [-0.1, -0.05) is 0 Å². The number of fused-ring (bicyclic) bond motifs is 1. The first-order valence-corrected chi connectivity index (χ1v) is 9.95. The number of alkyl halides is 2. The van der Waals surface area contributed by atoms with Crippen LogP contribution in [0.15, 0.2) is 30.5 Å². The second-order valence-corrected chi connectivity index (χ2v) is 7.85. The van der Waals surface area contributed by atoms with Crippen molar-refractivity contribution in [1.82, 2.24) is 19.9 Å². The second-order valence-electron chi connectivity index (χ2n) is 7.85. The number of amides is 2. The highest BCUT2D eigenvalue weighted by Gasteiger charge is 2.58. The first kappa shape index (κ1) is 20.5. The minimum absolute atomic E-state index is 0.0527. The molecule has 2 amide bonds. The highest BCUT2D eigenvalue weighted by molar-refractivity contribution is 5.93. The standard InChI is InChI=1S/C20H17F5N6O/c21-10-3-4-12(22)11(8-10)13-2-1-6-30(13)15-5-7-31-18(27-15)16(17(23)29-31)28-19(32)26-14-9-20(14,24)25/h3-5,7-8,13-14H,1-2,6,9H2,(H2,26,28,32). The Labute approximate surface area is 178 Å². The van der Waals surface area contributed by atoms with Gasteiger partial charge in [-0.15, -0.1) is 5.10 Å². The van der Waals surface area contributed by atoms with Crippen molar-refractivity contribution in [2.45, 2.75) is 37.3 Å². The highest BCUT2D eigenvalue weighted by Crippen LogP contribution is 2.41. The number of urea groups is 1. The first-order valence-electron chi connectivity index (χ1n) is 9.95. The maximum atomic E-state index is 14.4. The number of carbonyl (C=O) groups excluding carboxylic acids is 1. The van der Waals surface area contributed by atoms with Gasteiger partial charge in [0.25, 0.3) is 11.9 Å². The van der Waals surface area contributed by atoms with Gasteiger partial charge in [-0.2, -0.15) is 4.39 Å². The molecule has 3 aromatic rings. The molecule has 1 saturated carbocycles. The summed E-state index contributed by atoms with van der Waals surface area (Å²) in [5, 5.41) is 7.88. The molecule has 3 heterocycles. The van der Waals surface area contributed by atoms with Crippen molar-refractivity contribution in [1.29, 1.82) is 0 Å². The third-order valence-corrected chi connectivity index (χ3v) is 5.66. The van der Waals surface area contributed by atoms with Crippen LogP contribution in [0.25, 0.3) is 5.65 Å². The Morgan fingerprint density at radius 1 is 1.19 bits per heavy atom. The summed E-state index contributed by atoms with van der Waals surface area (Å²) in [6, 6.07) is 2.00. The summed E-state index contributed by atoms with van der Waals surface area (Å²) in [5.41, 5.74) is -0.240. The number of hydrogen-bond acceptors (Lipinski definition) is 4. The minimum atomic E-state index is -2.97. The molecule has 1 aliphatic carbocycles. The molecule has 0 bridgehead atoms. The lowest BCUT2D eigenvalue weighted by Crippen LogP contribution is -2.33. The molecule has 5 rings (SSSR count). The number of rotatable bonds is 4. The molecule has 168 valence electrons. The zero-order chi connectivity index (χ0) is 22.6. The normalized spacial score (nSPS) is 21.7. The lowest BCUT2D eigenvalue weighted by Gasteiger charge is -2.26. The van der Waals surface area contributed by atoms with E-state index in [9.17, 15) is 26.7 Å². The monoisotopic (exact) mass is 452 g/mol. The Bertz CT molecular complexity index is 1210. The number of nitrogens with one attached hydrogen (secondary N) is 2. The van der Waals surface area contributed by atoms with Crippen LogP contribution < -0.4 is 15.5 Å². The number of hydrogen-bond donors (Lipinski definition) is 2. The van der Waals surface area contributed by atoms with Crippen molar-refractivity contribution in [3.63, 3.8) is 0 Å². The predicted molar refractivity (Wildman–Crippen MR) is 104 cm³/mol. The van der Waals surface area contributed by atoms with E-state index in [1.54, 1.807) is 11.0 Å². The zero-order valence-corrected chi connectivity index (χ0v) is 16.5. The molecule has 2 atom stereocenters. The van der Waals surface area contributed by atoms with E-state index in [0.717, 1.165) is 22.7 Å². The zero-order valence-electron chi connectivity index (χ0n) is 16.5. The summed E-state index contributed by atoms with van der Waals surface area (Å²) >= 11 is 0. The molecule has 2 aliphatic rings. The van der Waals surface area contributed by atoms with E-state index < -0.39 is 48.0 Å². The molecule has 7 nitrogen and oxygen atoms in total. The number of anilines is 2. The molecule has 1 aromatic carbocycles. The summed E-state index contributed by atoms with van der Waals surface area (Å²) in [6.07, 6.45) is 2.19.